The number of carbonyl (C=O) groups is 1. The summed E-state index contributed by atoms with van der Waals surface area (Å²) in [6.07, 6.45) is 0.529. The van der Waals surface area contributed by atoms with Gasteiger partial charge in [0.1, 0.15) is 12.7 Å². The molecule has 0 radical (unpaired) electrons. The molecule has 0 saturated carbocycles. The molecule has 1 fully saturated rings. The van der Waals surface area contributed by atoms with Crippen molar-refractivity contribution in [3.63, 3.8) is 0 Å². The van der Waals surface area contributed by atoms with E-state index < -0.39 is 0 Å². The van der Waals surface area contributed by atoms with E-state index in [4.69, 9.17) is 14.3 Å². The summed E-state index contributed by atoms with van der Waals surface area (Å²) in [5.74, 6) is 1.10. The van der Waals surface area contributed by atoms with Gasteiger partial charge >= 0.3 is 0 Å². The Kier molecular flexibility index (Phi) is 2.18. The fourth-order valence-corrected chi connectivity index (χ4v) is 1.59. The molecule has 0 bridgehead atoms. The van der Waals surface area contributed by atoms with Gasteiger partial charge in [0, 0.05) is 5.56 Å². The lowest BCUT2D eigenvalue weighted by atomic mass is 10.1. The molecule has 2 heterocycles. The van der Waals surface area contributed by atoms with Crippen LogP contribution in [0.2, 0.25) is 0 Å². The molecule has 3 rings (SSSR count). The standard InChI is InChI=1S/C11H11NO4/c13-10-4-7-2-1-3-9(11(7)16-12-10)15-6-8-5-14-8/h1-3,8H,4-6H2,(H,12,13). The van der Waals surface area contributed by atoms with Crippen LogP contribution in [-0.4, -0.2) is 25.2 Å². The summed E-state index contributed by atoms with van der Waals surface area (Å²) in [5.41, 5.74) is 3.18. The number of benzene rings is 1. The van der Waals surface area contributed by atoms with Gasteiger partial charge in [-0.15, -0.1) is 0 Å². The Morgan fingerprint density at radius 1 is 1.50 bits per heavy atom. The number of nitrogens with one attached hydrogen (secondary N) is 1. The lowest BCUT2D eigenvalue weighted by Gasteiger charge is -2.19. The molecule has 16 heavy (non-hydrogen) atoms. The van der Waals surface area contributed by atoms with Crippen molar-refractivity contribution in [2.75, 3.05) is 13.2 Å². The molecule has 0 spiro atoms. The van der Waals surface area contributed by atoms with E-state index in [9.17, 15) is 4.79 Å². The molecule has 2 aliphatic rings. The Balaban J connectivity index is 1.81. The zero-order valence-corrected chi connectivity index (χ0v) is 8.56. The van der Waals surface area contributed by atoms with Crippen LogP contribution in [0.3, 0.4) is 0 Å². The van der Waals surface area contributed by atoms with E-state index in [0.29, 0.717) is 24.5 Å². The molecular formula is C11H11NO4. The number of hydrogen-bond donors (Lipinski definition) is 1. The maximum atomic E-state index is 11.1. The van der Waals surface area contributed by atoms with Gasteiger partial charge in [-0.2, -0.15) is 5.48 Å². The summed E-state index contributed by atoms with van der Waals surface area (Å²) in [5, 5.41) is 0. The molecule has 84 valence electrons. The molecule has 1 aromatic rings. The summed E-state index contributed by atoms with van der Waals surface area (Å²) in [6.45, 7) is 1.28. The van der Waals surface area contributed by atoms with Crippen molar-refractivity contribution in [1.82, 2.24) is 5.48 Å². The average molecular weight is 221 g/mol. The van der Waals surface area contributed by atoms with Crippen LogP contribution in [0.4, 0.5) is 0 Å². The van der Waals surface area contributed by atoms with Crippen molar-refractivity contribution in [3.8, 4) is 11.5 Å². The molecular weight excluding hydrogens is 210 g/mol. The number of hydroxylamine groups is 1. The van der Waals surface area contributed by atoms with E-state index >= 15 is 0 Å². The lowest BCUT2D eigenvalue weighted by Crippen LogP contribution is -2.33. The first-order chi connectivity index (χ1) is 7.83. The third-order valence-electron chi connectivity index (χ3n) is 2.51. The Labute approximate surface area is 92.3 Å². The number of hydrogen-bond acceptors (Lipinski definition) is 4. The molecule has 0 aliphatic carbocycles. The second-order valence-electron chi connectivity index (χ2n) is 3.81. The zero-order valence-electron chi connectivity index (χ0n) is 8.56. The van der Waals surface area contributed by atoms with E-state index in [1.807, 2.05) is 18.2 Å². The van der Waals surface area contributed by atoms with Crippen molar-refractivity contribution < 1.29 is 19.1 Å². The summed E-state index contributed by atoms with van der Waals surface area (Å²) in [6, 6.07) is 5.52. The molecule has 0 aromatic heterocycles. The molecule has 1 amide bonds. The topological polar surface area (TPSA) is 60.1 Å². The highest BCUT2D eigenvalue weighted by atomic mass is 16.7. The Morgan fingerprint density at radius 3 is 3.19 bits per heavy atom. The third-order valence-corrected chi connectivity index (χ3v) is 2.51. The van der Waals surface area contributed by atoms with Crippen LogP contribution in [-0.2, 0) is 16.0 Å². The number of ether oxygens (including phenoxy) is 2. The first kappa shape index (κ1) is 9.47. The summed E-state index contributed by atoms with van der Waals surface area (Å²) < 4.78 is 10.6. The van der Waals surface area contributed by atoms with E-state index in [1.165, 1.54) is 0 Å². The lowest BCUT2D eigenvalue weighted by molar-refractivity contribution is -0.128. The van der Waals surface area contributed by atoms with Gasteiger partial charge in [-0.25, -0.2) is 0 Å². The minimum Gasteiger partial charge on any atom is -0.487 e. The van der Waals surface area contributed by atoms with E-state index in [2.05, 4.69) is 5.48 Å². The van der Waals surface area contributed by atoms with Crippen LogP contribution in [0.15, 0.2) is 18.2 Å². The number of amides is 1. The molecule has 1 atom stereocenters. The van der Waals surface area contributed by atoms with Crippen molar-refractivity contribution >= 4 is 5.91 Å². The van der Waals surface area contributed by atoms with Gasteiger partial charge in [0.15, 0.2) is 5.75 Å². The van der Waals surface area contributed by atoms with Crippen LogP contribution in [0.5, 0.6) is 11.5 Å². The predicted molar refractivity (Wildman–Crippen MR) is 54.2 cm³/mol. The van der Waals surface area contributed by atoms with Gasteiger partial charge in [0.25, 0.3) is 5.91 Å². The first-order valence-corrected chi connectivity index (χ1v) is 5.15. The van der Waals surface area contributed by atoms with Gasteiger partial charge in [-0.1, -0.05) is 12.1 Å². The highest BCUT2D eigenvalue weighted by Gasteiger charge is 2.25. The molecule has 5 heteroatoms. The van der Waals surface area contributed by atoms with Gasteiger partial charge in [0.05, 0.1) is 13.0 Å². The largest absolute Gasteiger partial charge is 0.487 e. The monoisotopic (exact) mass is 221 g/mol. The molecule has 1 N–H and O–H groups in total. The van der Waals surface area contributed by atoms with Gasteiger partial charge in [0.2, 0.25) is 5.75 Å². The van der Waals surface area contributed by atoms with Gasteiger partial charge < -0.3 is 14.3 Å². The summed E-state index contributed by atoms with van der Waals surface area (Å²) in [4.78, 5) is 16.3. The second-order valence-corrected chi connectivity index (χ2v) is 3.81. The van der Waals surface area contributed by atoms with E-state index in [1.54, 1.807) is 0 Å². The smallest absolute Gasteiger partial charge is 0.257 e. The summed E-state index contributed by atoms with van der Waals surface area (Å²) >= 11 is 0. The van der Waals surface area contributed by atoms with Crippen LogP contribution in [0.25, 0.3) is 0 Å². The highest BCUT2D eigenvalue weighted by molar-refractivity contribution is 5.80. The SMILES string of the molecule is O=C1Cc2cccc(OCC3CO3)c2ON1. The zero-order chi connectivity index (χ0) is 11.0. The van der Waals surface area contributed by atoms with E-state index in [-0.39, 0.29) is 12.0 Å². The van der Waals surface area contributed by atoms with Crippen molar-refractivity contribution in [2.45, 2.75) is 12.5 Å². The van der Waals surface area contributed by atoms with Crippen LogP contribution < -0.4 is 15.1 Å². The maximum absolute atomic E-state index is 11.1. The van der Waals surface area contributed by atoms with Gasteiger partial charge in [-0.3, -0.25) is 4.79 Å². The number of fused-ring (bicyclic) bond motifs is 1. The Morgan fingerprint density at radius 2 is 2.38 bits per heavy atom. The molecule has 1 saturated heterocycles. The van der Waals surface area contributed by atoms with Crippen molar-refractivity contribution in [1.29, 1.82) is 0 Å². The van der Waals surface area contributed by atoms with Gasteiger partial charge in [-0.05, 0) is 6.07 Å². The number of epoxide rings is 1. The third kappa shape index (κ3) is 1.81. The fraction of sp³-hybridized carbons (Fsp3) is 0.364. The number of rotatable bonds is 3. The molecule has 5 nitrogen and oxygen atoms in total. The maximum Gasteiger partial charge on any atom is 0.257 e. The predicted octanol–water partition coefficient (Wildman–Crippen LogP) is 0.430. The molecule has 1 unspecified atom stereocenters. The quantitative estimate of drug-likeness (QED) is 0.752. The minimum absolute atomic E-state index is 0.143. The van der Waals surface area contributed by atoms with Crippen molar-refractivity contribution in [2.24, 2.45) is 0 Å². The number of para-hydroxylation sites is 1. The van der Waals surface area contributed by atoms with Crippen LogP contribution in [0, 0.1) is 0 Å². The highest BCUT2D eigenvalue weighted by Crippen LogP contribution is 2.33. The summed E-state index contributed by atoms with van der Waals surface area (Å²) in [7, 11) is 0. The first-order valence-electron chi connectivity index (χ1n) is 5.15. The fourth-order valence-electron chi connectivity index (χ4n) is 1.59. The normalized spacial score (nSPS) is 21.8. The van der Waals surface area contributed by atoms with E-state index in [0.717, 1.165) is 12.2 Å². The molecule has 1 aromatic carbocycles. The minimum atomic E-state index is -0.143. The average Bonchev–Trinajstić information content (AvgIpc) is 3.09. The molecule has 2 aliphatic heterocycles. The second kappa shape index (κ2) is 3.68. The van der Waals surface area contributed by atoms with Crippen molar-refractivity contribution in [3.05, 3.63) is 23.8 Å². The Hall–Kier alpha value is -1.75. The van der Waals surface area contributed by atoms with Crippen LogP contribution >= 0.6 is 0 Å². The Bertz CT molecular complexity index is 428. The number of carbonyl (C=O) groups excluding carboxylic acids is 1. The van der Waals surface area contributed by atoms with Crippen LogP contribution in [0.1, 0.15) is 5.56 Å².